The summed E-state index contributed by atoms with van der Waals surface area (Å²) in [5.41, 5.74) is 0.917. The highest BCUT2D eigenvalue weighted by Gasteiger charge is 2.32. The van der Waals surface area contributed by atoms with Gasteiger partial charge in [-0.15, -0.1) is 13.2 Å². The average molecular weight is 347 g/mol. The smallest absolute Gasteiger partial charge is 0.496 e. The third kappa shape index (κ3) is 3.45. The van der Waals surface area contributed by atoms with Gasteiger partial charge in [0, 0.05) is 5.56 Å². The van der Waals surface area contributed by atoms with Crippen LogP contribution in [0.3, 0.4) is 0 Å². The molecular formula is C14H10BrF3O2. The molecule has 0 saturated heterocycles. The summed E-state index contributed by atoms with van der Waals surface area (Å²) in [6.07, 6.45) is -4.73. The van der Waals surface area contributed by atoms with E-state index < -0.39 is 6.36 Å². The molecule has 0 aliphatic rings. The molecule has 0 aromatic heterocycles. The SMILES string of the molecule is COc1cc(-c2ccccc2OC(F)(F)F)ccc1Br. The van der Waals surface area contributed by atoms with Crippen LogP contribution in [0.4, 0.5) is 13.2 Å². The molecule has 0 bridgehead atoms. The van der Waals surface area contributed by atoms with Crippen LogP contribution in [0.1, 0.15) is 0 Å². The highest BCUT2D eigenvalue weighted by molar-refractivity contribution is 9.10. The lowest BCUT2D eigenvalue weighted by Crippen LogP contribution is -2.17. The van der Waals surface area contributed by atoms with Crippen molar-refractivity contribution in [2.24, 2.45) is 0 Å². The molecule has 0 saturated carbocycles. The summed E-state index contributed by atoms with van der Waals surface area (Å²) in [6.45, 7) is 0. The van der Waals surface area contributed by atoms with E-state index in [-0.39, 0.29) is 5.75 Å². The van der Waals surface area contributed by atoms with Gasteiger partial charge < -0.3 is 9.47 Å². The maximum absolute atomic E-state index is 12.4. The molecule has 0 heterocycles. The largest absolute Gasteiger partial charge is 0.573 e. The van der Waals surface area contributed by atoms with Crippen LogP contribution in [0.2, 0.25) is 0 Å². The molecule has 0 aliphatic heterocycles. The minimum atomic E-state index is -4.73. The van der Waals surface area contributed by atoms with E-state index in [2.05, 4.69) is 20.7 Å². The van der Waals surface area contributed by atoms with Crippen LogP contribution < -0.4 is 9.47 Å². The van der Waals surface area contributed by atoms with Crippen molar-refractivity contribution in [3.63, 3.8) is 0 Å². The molecular weight excluding hydrogens is 337 g/mol. The van der Waals surface area contributed by atoms with E-state index in [0.717, 1.165) is 4.47 Å². The van der Waals surface area contributed by atoms with E-state index in [1.54, 1.807) is 30.3 Å². The van der Waals surface area contributed by atoms with Gasteiger partial charge in [0.25, 0.3) is 0 Å². The summed E-state index contributed by atoms with van der Waals surface area (Å²) >= 11 is 3.29. The predicted molar refractivity (Wildman–Crippen MR) is 72.8 cm³/mol. The number of benzene rings is 2. The highest BCUT2D eigenvalue weighted by Crippen LogP contribution is 2.37. The molecule has 0 spiro atoms. The third-order valence-electron chi connectivity index (χ3n) is 2.57. The van der Waals surface area contributed by atoms with Crippen molar-refractivity contribution >= 4 is 15.9 Å². The Morgan fingerprint density at radius 1 is 1.00 bits per heavy atom. The molecule has 0 aliphatic carbocycles. The number of halogens is 4. The van der Waals surface area contributed by atoms with Gasteiger partial charge in [-0.25, -0.2) is 0 Å². The van der Waals surface area contributed by atoms with Crippen LogP contribution >= 0.6 is 15.9 Å². The number of para-hydroxylation sites is 1. The van der Waals surface area contributed by atoms with Crippen molar-refractivity contribution in [1.29, 1.82) is 0 Å². The maximum atomic E-state index is 12.4. The summed E-state index contributed by atoms with van der Waals surface area (Å²) < 4.78 is 47.1. The fraction of sp³-hybridized carbons (Fsp3) is 0.143. The fourth-order valence-corrected chi connectivity index (χ4v) is 2.15. The lowest BCUT2D eigenvalue weighted by molar-refractivity contribution is -0.274. The standard InChI is InChI=1S/C14H10BrF3O2/c1-19-13-8-9(6-7-11(13)15)10-4-2-3-5-12(10)20-14(16,17)18/h2-8H,1H3. The van der Waals surface area contributed by atoms with E-state index in [1.807, 2.05) is 0 Å². The van der Waals surface area contributed by atoms with Crippen molar-refractivity contribution in [1.82, 2.24) is 0 Å². The first-order valence-corrected chi connectivity index (χ1v) is 6.38. The first-order chi connectivity index (χ1) is 9.40. The molecule has 2 nitrogen and oxygen atoms in total. The van der Waals surface area contributed by atoms with Gasteiger partial charge in [0.2, 0.25) is 0 Å². The fourth-order valence-electron chi connectivity index (χ4n) is 1.75. The second kappa shape index (κ2) is 5.75. The van der Waals surface area contributed by atoms with Crippen molar-refractivity contribution in [3.05, 3.63) is 46.9 Å². The van der Waals surface area contributed by atoms with Crippen LogP contribution in [0.25, 0.3) is 11.1 Å². The summed E-state index contributed by atoms with van der Waals surface area (Å²) in [5, 5.41) is 0. The molecule has 0 radical (unpaired) electrons. The molecule has 106 valence electrons. The number of rotatable bonds is 3. The number of hydrogen-bond donors (Lipinski definition) is 0. The molecule has 20 heavy (non-hydrogen) atoms. The Bertz CT molecular complexity index is 612. The van der Waals surface area contributed by atoms with E-state index in [1.165, 1.54) is 19.2 Å². The minimum absolute atomic E-state index is 0.246. The monoisotopic (exact) mass is 346 g/mol. The van der Waals surface area contributed by atoms with Crippen molar-refractivity contribution < 1.29 is 22.6 Å². The molecule has 6 heteroatoms. The predicted octanol–water partition coefficient (Wildman–Crippen LogP) is 5.02. The summed E-state index contributed by atoms with van der Waals surface area (Å²) in [4.78, 5) is 0. The van der Waals surface area contributed by atoms with Gasteiger partial charge in [-0.05, 0) is 39.7 Å². The van der Waals surface area contributed by atoms with Gasteiger partial charge in [0.05, 0.1) is 11.6 Å². The second-order valence-electron chi connectivity index (χ2n) is 3.89. The van der Waals surface area contributed by atoms with E-state index >= 15 is 0 Å². The van der Waals surface area contributed by atoms with E-state index in [4.69, 9.17) is 4.74 Å². The quantitative estimate of drug-likeness (QED) is 0.776. The van der Waals surface area contributed by atoms with Gasteiger partial charge in [-0.1, -0.05) is 24.3 Å². The molecule has 2 rings (SSSR count). The maximum Gasteiger partial charge on any atom is 0.573 e. The lowest BCUT2D eigenvalue weighted by Gasteiger charge is -2.14. The van der Waals surface area contributed by atoms with Crippen LogP contribution in [0, 0.1) is 0 Å². The molecule has 0 amide bonds. The molecule has 0 unspecified atom stereocenters. The van der Waals surface area contributed by atoms with Crippen LogP contribution in [-0.2, 0) is 0 Å². The van der Waals surface area contributed by atoms with Gasteiger partial charge in [-0.2, -0.15) is 0 Å². The number of alkyl halides is 3. The Balaban J connectivity index is 2.47. The van der Waals surface area contributed by atoms with Gasteiger partial charge >= 0.3 is 6.36 Å². The number of hydrogen-bond acceptors (Lipinski definition) is 2. The second-order valence-corrected chi connectivity index (χ2v) is 4.75. The van der Waals surface area contributed by atoms with Crippen LogP contribution in [0.15, 0.2) is 46.9 Å². The zero-order valence-corrected chi connectivity index (χ0v) is 12.0. The van der Waals surface area contributed by atoms with Crippen molar-refractivity contribution in [3.8, 4) is 22.6 Å². The van der Waals surface area contributed by atoms with Crippen LogP contribution in [-0.4, -0.2) is 13.5 Å². The molecule has 2 aromatic rings. The molecule has 2 aromatic carbocycles. The van der Waals surface area contributed by atoms with Crippen molar-refractivity contribution in [2.45, 2.75) is 6.36 Å². The van der Waals surface area contributed by atoms with Gasteiger partial charge in [0.15, 0.2) is 0 Å². The lowest BCUT2D eigenvalue weighted by atomic mass is 10.0. The minimum Gasteiger partial charge on any atom is -0.496 e. The zero-order valence-electron chi connectivity index (χ0n) is 10.4. The molecule has 0 atom stereocenters. The van der Waals surface area contributed by atoms with E-state index in [0.29, 0.717) is 16.9 Å². The van der Waals surface area contributed by atoms with E-state index in [9.17, 15) is 13.2 Å². The number of ether oxygens (including phenoxy) is 2. The Morgan fingerprint density at radius 2 is 1.70 bits per heavy atom. The van der Waals surface area contributed by atoms with Gasteiger partial charge in [0.1, 0.15) is 11.5 Å². The normalized spacial score (nSPS) is 11.2. The summed E-state index contributed by atoms with van der Waals surface area (Å²) in [6, 6.07) is 11.0. The first kappa shape index (κ1) is 14.7. The Kier molecular flexibility index (Phi) is 4.23. The van der Waals surface area contributed by atoms with Gasteiger partial charge in [-0.3, -0.25) is 0 Å². The molecule has 0 N–H and O–H groups in total. The van der Waals surface area contributed by atoms with Crippen molar-refractivity contribution in [2.75, 3.05) is 7.11 Å². The summed E-state index contributed by atoms with van der Waals surface area (Å²) in [7, 11) is 1.49. The Hall–Kier alpha value is -1.69. The topological polar surface area (TPSA) is 18.5 Å². The number of methoxy groups -OCH3 is 1. The zero-order chi connectivity index (χ0) is 14.8. The van der Waals surface area contributed by atoms with Crippen LogP contribution in [0.5, 0.6) is 11.5 Å². The average Bonchev–Trinajstić information content (AvgIpc) is 2.38. The Morgan fingerprint density at radius 3 is 2.35 bits per heavy atom. The highest BCUT2D eigenvalue weighted by atomic mass is 79.9. The summed E-state index contributed by atoms with van der Waals surface area (Å²) in [5.74, 6) is 0.286. The molecule has 0 fully saturated rings. The first-order valence-electron chi connectivity index (χ1n) is 5.59. The third-order valence-corrected chi connectivity index (χ3v) is 3.23. The Labute approximate surface area is 122 Å².